The zero-order valence-corrected chi connectivity index (χ0v) is 24.2. The Kier molecular flexibility index (Phi) is 9.51. The summed E-state index contributed by atoms with van der Waals surface area (Å²) >= 11 is 0. The number of rotatable bonds is 8. The van der Waals surface area contributed by atoms with E-state index in [1.54, 1.807) is 26.2 Å². The van der Waals surface area contributed by atoms with Gasteiger partial charge in [0.2, 0.25) is 5.88 Å². The topological polar surface area (TPSA) is 105 Å². The van der Waals surface area contributed by atoms with Crippen molar-refractivity contribution in [2.75, 3.05) is 59.4 Å². The zero-order chi connectivity index (χ0) is 30.7. The van der Waals surface area contributed by atoms with Crippen molar-refractivity contribution < 1.29 is 42.1 Å². The molecule has 1 atom stereocenters. The van der Waals surface area contributed by atoms with Gasteiger partial charge < -0.3 is 34.0 Å². The van der Waals surface area contributed by atoms with Gasteiger partial charge >= 0.3 is 6.18 Å². The fourth-order valence-corrected chi connectivity index (χ4v) is 5.34. The lowest BCUT2D eigenvalue weighted by Crippen LogP contribution is -2.57. The van der Waals surface area contributed by atoms with Gasteiger partial charge in [-0.2, -0.15) is 18.2 Å². The van der Waals surface area contributed by atoms with Gasteiger partial charge in [-0.1, -0.05) is 12.1 Å². The number of carbonyl (C=O) groups is 2. The van der Waals surface area contributed by atoms with Crippen LogP contribution in [0.4, 0.5) is 19.0 Å². The first kappa shape index (κ1) is 31.4. The summed E-state index contributed by atoms with van der Waals surface area (Å²) in [6.45, 7) is 1.40. The largest absolute Gasteiger partial charge is 0.497 e. The van der Waals surface area contributed by atoms with E-state index >= 15 is 0 Å². The quantitative estimate of drug-likeness (QED) is 0.497. The number of ether oxygens (including phenoxy) is 3. The molecule has 13 heteroatoms. The van der Waals surface area contributed by atoms with Crippen LogP contribution in [0.1, 0.15) is 41.6 Å². The molecule has 1 N–H and O–H groups in total. The molecular weight excluding hydrogens is 557 g/mol. The van der Waals surface area contributed by atoms with Gasteiger partial charge in [-0.15, -0.1) is 0 Å². The highest BCUT2D eigenvalue weighted by molar-refractivity contribution is 5.96. The van der Waals surface area contributed by atoms with E-state index in [1.807, 2.05) is 0 Å². The average Bonchev–Trinajstić information content (AvgIpc) is 2.99. The first-order valence-corrected chi connectivity index (χ1v) is 13.8. The number of benzene rings is 1. The number of aliphatic hydroxyl groups is 1. The number of anilines is 1. The Labute approximate surface area is 242 Å². The molecule has 230 valence electrons. The van der Waals surface area contributed by atoms with Crippen LogP contribution >= 0.6 is 0 Å². The molecule has 1 aromatic heterocycles. The minimum atomic E-state index is -5.22. The SMILES string of the molecule is COc1cccc(C(O)(C(=O)N2CCC(OC3CCN(c4ccc(C(=O)N(C)C)c(OC)n4)CC3)CC2)C(F)(F)F)c1. The Balaban J connectivity index is 1.32. The molecule has 2 fully saturated rings. The number of halogens is 3. The summed E-state index contributed by atoms with van der Waals surface area (Å²) in [5.41, 5.74) is -3.89. The normalized spacial score (nSPS) is 18.4. The Morgan fingerprint density at radius 2 is 1.57 bits per heavy atom. The fourth-order valence-electron chi connectivity index (χ4n) is 5.34. The van der Waals surface area contributed by atoms with Crippen LogP contribution < -0.4 is 14.4 Å². The zero-order valence-electron chi connectivity index (χ0n) is 24.2. The molecule has 10 nitrogen and oxygen atoms in total. The molecule has 1 aromatic carbocycles. The van der Waals surface area contributed by atoms with E-state index in [4.69, 9.17) is 14.2 Å². The summed E-state index contributed by atoms with van der Waals surface area (Å²) in [6.07, 6.45) is -3.34. The maximum absolute atomic E-state index is 14.1. The van der Waals surface area contributed by atoms with E-state index in [0.29, 0.717) is 50.2 Å². The third kappa shape index (κ3) is 6.41. The van der Waals surface area contributed by atoms with Crippen LogP contribution in [-0.4, -0.2) is 105 Å². The molecule has 42 heavy (non-hydrogen) atoms. The molecular formula is C29H37F3N4O6. The number of methoxy groups -OCH3 is 2. The smallest absolute Gasteiger partial charge is 0.430 e. The van der Waals surface area contributed by atoms with Crippen molar-refractivity contribution in [3.05, 3.63) is 47.5 Å². The van der Waals surface area contributed by atoms with Crippen LogP contribution in [0.15, 0.2) is 36.4 Å². The lowest BCUT2D eigenvalue weighted by atomic mass is 9.90. The standard InChI is InChI=1S/C29H37F3N4O6/c1-34(2)26(37)23-8-9-24(33-25(23)41-4)35-14-10-20(11-15-35)42-21-12-16-36(17-13-21)27(38)28(39,29(30,31)32)19-6-5-7-22(18-19)40-3/h5-9,18,20-21,39H,10-17H2,1-4H3. The van der Waals surface area contributed by atoms with Crippen molar-refractivity contribution >= 4 is 17.6 Å². The van der Waals surface area contributed by atoms with Gasteiger partial charge in [0.05, 0.1) is 26.4 Å². The molecule has 3 heterocycles. The molecule has 0 saturated carbocycles. The third-order valence-corrected chi connectivity index (χ3v) is 7.76. The van der Waals surface area contributed by atoms with E-state index in [-0.39, 0.29) is 42.8 Å². The molecule has 2 aliphatic heterocycles. The highest BCUT2D eigenvalue weighted by atomic mass is 19.4. The number of likely N-dealkylation sites (tertiary alicyclic amines) is 1. The summed E-state index contributed by atoms with van der Waals surface area (Å²) < 4.78 is 58.9. The molecule has 0 bridgehead atoms. The van der Waals surface area contributed by atoms with Gasteiger partial charge in [0.15, 0.2) is 0 Å². The fraction of sp³-hybridized carbons (Fsp3) is 0.552. The number of piperidine rings is 2. The molecule has 0 aliphatic carbocycles. The van der Waals surface area contributed by atoms with Crippen molar-refractivity contribution in [3.8, 4) is 11.6 Å². The molecule has 4 rings (SSSR count). The minimum absolute atomic E-state index is 0.0342. The van der Waals surface area contributed by atoms with Crippen LogP contribution in [0.3, 0.4) is 0 Å². The summed E-state index contributed by atoms with van der Waals surface area (Å²) in [6, 6.07) is 8.33. The van der Waals surface area contributed by atoms with Crippen LogP contribution in [0.2, 0.25) is 0 Å². The molecule has 2 amide bonds. The molecule has 1 unspecified atom stereocenters. The second-order valence-electron chi connectivity index (χ2n) is 10.7. The molecule has 0 radical (unpaired) electrons. The summed E-state index contributed by atoms with van der Waals surface area (Å²) in [5, 5.41) is 10.8. The molecule has 2 aromatic rings. The van der Waals surface area contributed by atoms with E-state index in [1.165, 1.54) is 31.3 Å². The van der Waals surface area contributed by atoms with Gasteiger partial charge in [0.1, 0.15) is 17.1 Å². The van der Waals surface area contributed by atoms with Crippen molar-refractivity contribution in [1.82, 2.24) is 14.8 Å². The number of alkyl halides is 3. The van der Waals surface area contributed by atoms with Crippen molar-refractivity contribution in [1.29, 1.82) is 0 Å². The second-order valence-corrected chi connectivity index (χ2v) is 10.7. The highest BCUT2D eigenvalue weighted by Gasteiger charge is 2.62. The number of aromatic nitrogens is 1. The second kappa shape index (κ2) is 12.7. The Morgan fingerprint density at radius 3 is 2.12 bits per heavy atom. The first-order chi connectivity index (χ1) is 19.9. The number of hydrogen-bond acceptors (Lipinski definition) is 8. The van der Waals surface area contributed by atoms with Gasteiger partial charge in [0.25, 0.3) is 17.4 Å². The molecule has 2 saturated heterocycles. The number of hydrogen-bond donors (Lipinski definition) is 1. The maximum Gasteiger partial charge on any atom is 0.430 e. The van der Waals surface area contributed by atoms with E-state index in [0.717, 1.165) is 17.0 Å². The molecule has 2 aliphatic rings. The van der Waals surface area contributed by atoms with Crippen molar-refractivity contribution in [2.24, 2.45) is 0 Å². The Bertz CT molecular complexity index is 1260. The van der Waals surface area contributed by atoms with E-state index in [2.05, 4.69) is 9.88 Å². The van der Waals surface area contributed by atoms with Gasteiger partial charge in [-0.25, -0.2) is 0 Å². The third-order valence-electron chi connectivity index (χ3n) is 7.76. The van der Waals surface area contributed by atoms with Crippen LogP contribution in [-0.2, 0) is 15.1 Å². The van der Waals surface area contributed by atoms with E-state index in [9.17, 15) is 27.9 Å². The van der Waals surface area contributed by atoms with Crippen molar-refractivity contribution in [3.63, 3.8) is 0 Å². The van der Waals surface area contributed by atoms with Gasteiger partial charge in [-0.3, -0.25) is 9.59 Å². The Hall–Kier alpha value is -3.58. The number of amides is 2. The van der Waals surface area contributed by atoms with Gasteiger partial charge in [-0.05, 0) is 49.9 Å². The highest BCUT2D eigenvalue weighted by Crippen LogP contribution is 2.42. The summed E-state index contributed by atoms with van der Waals surface area (Å²) in [4.78, 5) is 34.6. The predicted octanol–water partition coefficient (Wildman–Crippen LogP) is 3.23. The van der Waals surface area contributed by atoms with Crippen LogP contribution in [0.25, 0.3) is 0 Å². The average molecular weight is 595 g/mol. The predicted molar refractivity (Wildman–Crippen MR) is 148 cm³/mol. The Morgan fingerprint density at radius 1 is 0.952 bits per heavy atom. The van der Waals surface area contributed by atoms with Crippen molar-refractivity contribution in [2.45, 2.75) is 49.7 Å². The monoisotopic (exact) mass is 594 g/mol. The first-order valence-electron chi connectivity index (χ1n) is 13.8. The lowest BCUT2D eigenvalue weighted by Gasteiger charge is -2.40. The summed E-state index contributed by atoms with van der Waals surface area (Å²) in [5.74, 6) is -0.548. The molecule has 0 spiro atoms. The van der Waals surface area contributed by atoms with Crippen LogP contribution in [0, 0.1) is 0 Å². The van der Waals surface area contributed by atoms with Crippen LogP contribution in [0.5, 0.6) is 11.6 Å². The number of pyridine rings is 1. The maximum atomic E-state index is 14.1. The minimum Gasteiger partial charge on any atom is -0.497 e. The number of nitrogens with zero attached hydrogens (tertiary/aromatic N) is 4. The summed E-state index contributed by atoms with van der Waals surface area (Å²) in [7, 11) is 6.09. The van der Waals surface area contributed by atoms with Gasteiger partial charge in [0, 0.05) is 45.8 Å². The van der Waals surface area contributed by atoms with E-state index < -0.39 is 23.2 Å². The number of carbonyl (C=O) groups excluding carboxylic acids is 2. The lowest BCUT2D eigenvalue weighted by molar-refractivity contribution is -0.262.